The number of carbonyl (C=O) groups excluding carboxylic acids is 1. The Morgan fingerprint density at radius 3 is 2.68 bits per heavy atom. The zero-order valence-corrected chi connectivity index (χ0v) is 21.1. The van der Waals surface area contributed by atoms with Crippen LogP contribution in [0.4, 0.5) is 10.5 Å². The van der Waals surface area contributed by atoms with E-state index in [2.05, 4.69) is 50.9 Å². The summed E-state index contributed by atoms with van der Waals surface area (Å²) >= 11 is 7.44. The molecule has 1 saturated heterocycles. The fourth-order valence-electron chi connectivity index (χ4n) is 4.49. The molecule has 3 aliphatic rings. The number of hydrogen-bond donors (Lipinski definition) is 1. The summed E-state index contributed by atoms with van der Waals surface area (Å²) in [6.45, 7) is 5.61. The van der Waals surface area contributed by atoms with Gasteiger partial charge in [0.15, 0.2) is 0 Å². The summed E-state index contributed by atoms with van der Waals surface area (Å²) in [5, 5.41) is 0. The van der Waals surface area contributed by atoms with Crippen LogP contribution in [0.2, 0.25) is 0 Å². The lowest BCUT2D eigenvalue weighted by molar-refractivity contribution is 0.104. The zero-order valence-electron chi connectivity index (χ0n) is 17.9. The van der Waals surface area contributed by atoms with Gasteiger partial charge < -0.3 is 15.4 Å². The van der Waals surface area contributed by atoms with Crippen molar-refractivity contribution in [3.63, 3.8) is 0 Å². The molecule has 1 aromatic rings. The Labute approximate surface area is 200 Å². The Morgan fingerprint density at radius 1 is 1.23 bits per heavy atom. The Hall–Kier alpha value is -1.86. The molecule has 7 heteroatoms. The summed E-state index contributed by atoms with van der Waals surface area (Å²) < 4.78 is 7.37. The standard InChI is InChI=1S/C24H27Br2N3O2/c1-3-31-24(30)29-10-8-15(9-11-29)21-19-12-20(27)14(2)22(26)18(19)7-5-16-4-6-17(25)13-28-23(16)21/h4,12-13H,3,5-11,27H2,1-2H3. The summed E-state index contributed by atoms with van der Waals surface area (Å²) in [6, 6.07) is 2.12. The number of allylic oxidation sites excluding steroid dienone is 4. The van der Waals surface area contributed by atoms with E-state index in [9.17, 15) is 4.79 Å². The molecule has 164 valence electrons. The number of nitrogens with zero attached hydrogens (tertiary/aromatic N) is 2. The van der Waals surface area contributed by atoms with Crippen LogP contribution in [-0.2, 0) is 11.2 Å². The molecule has 0 unspecified atom stereocenters. The van der Waals surface area contributed by atoms with Crippen LogP contribution in [0.3, 0.4) is 0 Å². The fraction of sp³-hybridized carbons (Fsp3) is 0.417. The molecule has 4 rings (SSSR count). The van der Waals surface area contributed by atoms with Gasteiger partial charge in [-0.3, -0.25) is 4.99 Å². The molecule has 31 heavy (non-hydrogen) atoms. The van der Waals surface area contributed by atoms with E-state index in [0.717, 1.165) is 58.0 Å². The third kappa shape index (κ3) is 4.40. The van der Waals surface area contributed by atoms with Gasteiger partial charge in [-0.2, -0.15) is 0 Å². The zero-order chi connectivity index (χ0) is 22.1. The number of anilines is 1. The second-order valence-corrected chi connectivity index (χ2v) is 9.89. The fourth-order valence-corrected chi connectivity index (χ4v) is 5.40. The molecular weight excluding hydrogens is 522 g/mol. The number of nitrogen functional groups attached to an aromatic ring is 1. The highest BCUT2D eigenvalue weighted by atomic mass is 79.9. The van der Waals surface area contributed by atoms with Gasteiger partial charge in [0.1, 0.15) is 0 Å². The molecule has 0 spiro atoms. The van der Waals surface area contributed by atoms with E-state index in [1.165, 1.54) is 27.8 Å². The smallest absolute Gasteiger partial charge is 0.409 e. The SMILES string of the molecule is CCOC(=O)N1CCC(=C2C3=NC=C(Br)CC=C3CCc3c2cc(N)c(C)c3Br)CC1. The van der Waals surface area contributed by atoms with Gasteiger partial charge in [-0.05, 0) is 74.3 Å². The maximum absolute atomic E-state index is 12.2. The molecule has 0 saturated carbocycles. The van der Waals surface area contributed by atoms with Crippen molar-refractivity contribution in [1.29, 1.82) is 0 Å². The second kappa shape index (κ2) is 9.33. The van der Waals surface area contributed by atoms with Gasteiger partial charge in [-0.15, -0.1) is 0 Å². The number of nitrogens with two attached hydrogens (primary N) is 1. The number of fused-ring (bicyclic) bond motifs is 2. The molecule has 0 radical (unpaired) electrons. The minimum atomic E-state index is -0.227. The third-order valence-corrected chi connectivity index (χ3v) is 7.83. The average molecular weight is 549 g/mol. The van der Waals surface area contributed by atoms with Gasteiger partial charge in [0.05, 0.1) is 12.3 Å². The van der Waals surface area contributed by atoms with Crippen LogP contribution >= 0.6 is 31.9 Å². The van der Waals surface area contributed by atoms with Crippen molar-refractivity contribution in [2.75, 3.05) is 25.4 Å². The molecule has 1 amide bonds. The number of hydrogen-bond acceptors (Lipinski definition) is 4. The molecular formula is C24H27Br2N3O2. The van der Waals surface area contributed by atoms with Gasteiger partial charge in [-0.25, -0.2) is 4.79 Å². The van der Waals surface area contributed by atoms with Gasteiger partial charge >= 0.3 is 6.09 Å². The van der Waals surface area contributed by atoms with Crippen molar-refractivity contribution in [2.24, 2.45) is 4.99 Å². The van der Waals surface area contributed by atoms with E-state index >= 15 is 0 Å². The molecule has 0 bridgehead atoms. The summed E-state index contributed by atoms with van der Waals surface area (Å²) in [4.78, 5) is 18.9. The quantitative estimate of drug-likeness (QED) is 0.419. The highest BCUT2D eigenvalue weighted by Crippen LogP contribution is 2.42. The Kier molecular flexibility index (Phi) is 6.72. The van der Waals surface area contributed by atoms with E-state index in [0.29, 0.717) is 19.7 Å². The van der Waals surface area contributed by atoms with Crippen molar-refractivity contribution in [1.82, 2.24) is 4.90 Å². The van der Waals surface area contributed by atoms with Crippen LogP contribution in [0.15, 0.2) is 43.4 Å². The summed E-state index contributed by atoms with van der Waals surface area (Å²) in [5.41, 5.74) is 15.6. The number of benzene rings is 1. The maximum atomic E-state index is 12.2. The summed E-state index contributed by atoms with van der Waals surface area (Å²) in [6.07, 6.45) is 8.31. The number of ether oxygens (including phenoxy) is 1. The lowest BCUT2D eigenvalue weighted by atomic mass is 9.86. The predicted octanol–water partition coefficient (Wildman–Crippen LogP) is 6.30. The van der Waals surface area contributed by atoms with Crippen LogP contribution in [0.1, 0.15) is 49.3 Å². The molecule has 1 aliphatic carbocycles. The van der Waals surface area contributed by atoms with E-state index < -0.39 is 0 Å². The number of halogens is 2. The number of aliphatic imine (C=N–C) groups is 1. The minimum absolute atomic E-state index is 0.227. The number of amides is 1. The highest BCUT2D eigenvalue weighted by molar-refractivity contribution is 9.11. The minimum Gasteiger partial charge on any atom is -0.450 e. The van der Waals surface area contributed by atoms with Crippen LogP contribution in [0.5, 0.6) is 0 Å². The lowest BCUT2D eigenvalue weighted by Crippen LogP contribution is -2.37. The van der Waals surface area contributed by atoms with Gasteiger partial charge in [0.2, 0.25) is 0 Å². The van der Waals surface area contributed by atoms with E-state index in [1.807, 2.05) is 13.1 Å². The molecule has 1 aromatic carbocycles. The maximum Gasteiger partial charge on any atom is 0.409 e. The Bertz CT molecular complexity index is 1040. The molecule has 5 nitrogen and oxygen atoms in total. The number of carbonyl (C=O) groups is 1. The molecule has 0 atom stereocenters. The number of likely N-dealkylation sites (tertiary alicyclic amines) is 1. The molecule has 2 heterocycles. The predicted molar refractivity (Wildman–Crippen MR) is 134 cm³/mol. The second-order valence-electron chi connectivity index (χ2n) is 8.08. The van der Waals surface area contributed by atoms with Crippen LogP contribution in [0.25, 0.3) is 5.57 Å². The van der Waals surface area contributed by atoms with Crippen LogP contribution in [-0.4, -0.2) is 36.4 Å². The first-order valence-corrected chi connectivity index (χ1v) is 12.3. The monoisotopic (exact) mass is 547 g/mol. The van der Waals surface area contributed by atoms with Crippen LogP contribution < -0.4 is 5.73 Å². The molecule has 0 aromatic heterocycles. The van der Waals surface area contributed by atoms with Crippen molar-refractivity contribution in [3.05, 3.63) is 55.1 Å². The van der Waals surface area contributed by atoms with Gasteiger partial charge in [0, 0.05) is 39.5 Å². The van der Waals surface area contributed by atoms with Crippen molar-refractivity contribution in [2.45, 2.75) is 46.0 Å². The van der Waals surface area contributed by atoms with Gasteiger partial charge in [0.25, 0.3) is 0 Å². The molecule has 2 N–H and O–H groups in total. The van der Waals surface area contributed by atoms with E-state index in [1.54, 1.807) is 4.90 Å². The molecule has 2 aliphatic heterocycles. The van der Waals surface area contributed by atoms with Crippen molar-refractivity contribution in [3.8, 4) is 0 Å². The summed E-state index contributed by atoms with van der Waals surface area (Å²) in [5.74, 6) is 0. The van der Waals surface area contributed by atoms with Gasteiger partial charge in [-0.1, -0.05) is 43.5 Å². The van der Waals surface area contributed by atoms with E-state index in [-0.39, 0.29) is 6.09 Å². The molecule has 1 fully saturated rings. The summed E-state index contributed by atoms with van der Waals surface area (Å²) in [7, 11) is 0. The largest absolute Gasteiger partial charge is 0.450 e. The number of rotatable bonds is 1. The van der Waals surface area contributed by atoms with Crippen molar-refractivity contribution < 1.29 is 9.53 Å². The Balaban J connectivity index is 1.85. The third-order valence-electron chi connectivity index (χ3n) is 6.23. The highest BCUT2D eigenvalue weighted by Gasteiger charge is 2.30. The normalized spacial score (nSPS) is 18.8. The average Bonchev–Trinajstić information content (AvgIpc) is 3.03. The van der Waals surface area contributed by atoms with E-state index in [4.69, 9.17) is 15.5 Å². The lowest BCUT2D eigenvalue weighted by Gasteiger charge is -2.30. The number of piperidine rings is 1. The first-order valence-electron chi connectivity index (χ1n) is 10.7. The topological polar surface area (TPSA) is 67.9 Å². The first-order chi connectivity index (χ1) is 14.9. The Morgan fingerprint density at radius 2 is 1.97 bits per heavy atom. The first kappa shape index (κ1) is 22.3. The van der Waals surface area contributed by atoms with Crippen LogP contribution in [0, 0.1) is 6.92 Å². The van der Waals surface area contributed by atoms with Crippen molar-refractivity contribution >= 4 is 54.9 Å².